The summed E-state index contributed by atoms with van der Waals surface area (Å²) in [5.41, 5.74) is 6.38. The topological polar surface area (TPSA) is 249 Å². The third-order valence-corrected chi connectivity index (χ3v) is 7.99. The number of hydrogen-bond donors (Lipinski definition) is 6. The molecule has 0 aromatic carbocycles. The Hall–Kier alpha value is -1.19. The van der Waals surface area contributed by atoms with Crippen molar-refractivity contribution in [3.8, 4) is 0 Å². The zero-order chi connectivity index (χ0) is 23.2. The van der Waals surface area contributed by atoms with E-state index in [-0.39, 0.29) is 13.1 Å². The van der Waals surface area contributed by atoms with Gasteiger partial charge >= 0.3 is 23.5 Å². The van der Waals surface area contributed by atoms with Crippen LogP contribution in [-0.4, -0.2) is 71.7 Å². The first-order valence-electron chi connectivity index (χ1n) is 8.37. The van der Waals surface area contributed by atoms with Gasteiger partial charge in [-0.25, -0.2) is 23.7 Å². The van der Waals surface area contributed by atoms with Gasteiger partial charge in [-0.1, -0.05) is 0 Å². The Kier molecular flexibility index (Phi) is 6.81. The fraction of sp³-hybridized carbons (Fsp3) is 0.636. The summed E-state index contributed by atoms with van der Waals surface area (Å²) in [5, 5.41) is 10.6. The predicted molar refractivity (Wildman–Crippen MR) is 97.6 cm³/mol. The summed E-state index contributed by atoms with van der Waals surface area (Å²) in [5.74, 6) is 0.395. The number of aromatic nitrogens is 2. The van der Waals surface area contributed by atoms with Crippen LogP contribution in [0, 0.1) is 0 Å². The van der Waals surface area contributed by atoms with Crippen LogP contribution in [0.3, 0.4) is 0 Å². The maximum Gasteiger partial charge on any atom is 0.490 e. The molecule has 2 aliphatic heterocycles. The third-order valence-electron chi connectivity index (χ3n) is 4.19. The maximum atomic E-state index is 11.8. The summed E-state index contributed by atoms with van der Waals surface area (Å²) in [6, 6.07) is 0. The lowest BCUT2D eigenvalue weighted by molar-refractivity contribution is -0.0447. The molecule has 1 aromatic rings. The van der Waals surface area contributed by atoms with E-state index in [1.807, 2.05) is 0 Å². The van der Waals surface area contributed by atoms with Crippen molar-refractivity contribution < 1.29 is 56.3 Å². The van der Waals surface area contributed by atoms with Crippen molar-refractivity contribution in [2.75, 3.05) is 20.3 Å². The zero-order valence-corrected chi connectivity index (χ0v) is 18.4. The largest absolute Gasteiger partial charge is 0.490 e. The van der Waals surface area contributed by atoms with E-state index in [4.69, 9.17) is 25.2 Å². The van der Waals surface area contributed by atoms with E-state index in [0.29, 0.717) is 16.7 Å². The Morgan fingerprint density at radius 2 is 1.90 bits per heavy atom. The van der Waals surface area contributed by atoms with Crippen LogP contribution in [0.4, 0.5) is 0 Å². The standard InChI is InChI=1S/C11H20N5O12P3/c1-15-4-14-11-9(10(15)12)13-5-16(11)8-2-6(17)7(26-8)3-25-30(21,22)28-31(23,24)27-29(18,19)20/h5-8,17H,2-4,12H2,1H3,(H,21,22)(H,23,24)(H2,18,19,20)/t6-,7+,8+/m0/s1. The van der Waals surface area contributed by atoms with Crippen LogP contribution in [-0.2, 0) is 31.6 Å². The normalized spacial score (nSPS) is 28.0. The fourth-order valence-corrected chi connectivity index (χ4v) is 5.87. The SMILES string of the molecule is CN1CN=c2c(ncn2[C@H]2C[C@H](O)[C@@H](COP(=O)(O)OP(=O)(O)OP(=O)(O)O)O2)=C1N. The summed E-state index contributed by atoms with van der Waals surface area (Å²) in [6.45, 7) is -0.498. The number of aliphatic hydroxyl groups is 1. The highest BCUT2D eigenvalue weighted by atomic mass is 31.3. The molecule has 1 saturated heterocycles. The number of fused-ring (bicyclic) bond motifs is 1. The van der Waals surface area contributed by atoms with Crippen LogP contribution < -0.4 is 16.6 Å². The lowest BCUT2D eigenvalue weighted by atomic mass is 10.2. The van der Waals surface area contributed by atoms with Crippen molar-refractivity contribution >= 4 is 29.3 Å². The van der Waals surface area contributed by atoms with Gasteiger partial charge in [-0.15, -0.1) is 0 Å². The van der Waals surface area contributed by atoms with Crippen LogP contribution in [0.1, 0.15) is 12.6 Å². The predicted octanol–water partition coefficient (Wildman–Crippen LogP) is -2.58. The molecule has 2 aliphatic rings. The van der Waals surface area contributed by atoms with Gasteiger partial charge in [-0.3, -0.25) is 9.09 Å². The summed E-state index contributed by atoms with van der Waals surface area (Å²) in [7, 11) is -14.7. The van der Waals surface area contributed by atoms with Crippen LogP contribution in [0.15, 0.2) is 11.3 Å². The summed E-state index contributed by atoms with van der Waals surface area (Å²) < 4.78 is 52.6. The van der Waals surface area contributed by atoms with E-state index >= 15 is 0 Å². The number of phosphoric acid groups is 3. The van der Waals surface area contributed by atoms with Gasteiger partial charge in [-0.05, 0) is 0 Å². The lowest BCUT2D eigenvalue weighted by Crippen LogP contribution is -2.45. The zero-order valence-electron chi connectivity index (χ0n) is 15.7. The van der Waals surface area contributed by atoms with Crippen molar-refractivity contribution in [1.82, 2.24) is 14.5 Å². The quantitative estimate of drug-likeness (QED) is 0.198. The molecule has 0 amide bonds. The van der Waals surface area contributed by atoms with Crippen molar-refractivity contribution in [2.24, 2.45) is 10.7 Å². The molecule has 1 fully saturated rings. The first-order chi connectivity index (χ1) is 14.2. The maximum absolute atomic E-state index is 11.8. The highest BCUT2D eigenvalue weighted by Gasteiger charge is 2.43. The van der Waals surface area contributed by atoms with E-state index in [0.717, 1.165) is 0 Å². The number of ether oxygens (including phenoxy) is 1. The van der Waals surface area contributed by atoms with Gasteiger partial charge in [0.05, 0.1) is 19.0 Å². The van der Waals surface area contributed by atoms with Crippen LogP contribution >= 0.6 is 23.5 Å². The minimum absolute atomic E-state index is 0.0263. The lowest BCUT2D eigenvalue weighted by Gasteiger charge is -2.20. The number of rotatable bonds is 8. The Labute approximate surface area is 173 Å². The van der Waals surface area contributed by atoms with Gasteiger partial charge in [0, 0.05) is 13.5 Å². The van der Waals surface area contributed by atoms with E-state index in [9.17, 15) is 23.7 Å². The molecule has 176 valence electrons. The number of nitrogens with zero attached hydrogens (tertiary/aromatic N) is 4. The number of aliphatic hydroxyl groups excluding tert-OH is 1. The molecule has 0 aliphatic carbocycles. The van der Waals surface area contributed by atoms with Crippen molar-refractivity contribution in [3.63, 3.8) is 0 Å². The average molecular weight is 507 g/mol. The van der Waals surface area contributed by atoms with Gasteiger partial charge < -0.3 is 40.1 Å². The van der Waals surface area contributed by atoms with Gasteiger partial charge in [0.25, 0.3) is 0 Å². The second-order valence-electron chi connectivity index (χ2n) is 6.53. The molecule has 0 spiro atoms. The molecule has 31 heavy (non-hydrogen) atoms. The summed E-state index contributed by atoms with van der Waals surface area (Å²) >= 11 is 0. The second-order valence-corrected chi connectivity index (χ2v) is 10.9. The van der Waals surface area contributed by atoms with Crippen LogP contribution in [0.25, 0.3) is 5.82 Å². The Balaban J connectivity index is 1.65. The van der Waals surface area contributed by atoms with Crippen LogP contribution in [0.5, 0.6) is 0 Å². The highest BCUT2D eigenvalue weighted by molar-refractivity contribution is 7.66. The molecule has 20 heteroatoms. The van der Waals surface area contributed by atoms with E-state index < -0.39 is 48.5 Å². The molecular formula is C11H20N5O12P3. The molecule has 0 radical (unpaired) electrons. The number of phosphoric ester groups is 1. The molecule has 1 aromatic heterocycles. The summed E-state index contributed by atoms with van der Waals surface area (Å²) in [4.78, 5) is 45.8. The van der Waals surface area contributed by atoms with Crippen molar-refractivity contribution in [3.05, 3.63) is 17.2 Å². The summed E-state index contributed by atoms with van der Waals surface area (Å²) in [6.07, 6.45) is -1.69. The monoisotopic (exact) mass is 507 g/mol. The van der Waals surface area contributed by atoms with E-state index in [2.05, 4.69) is 23.1 Å². The third kappa shape index (κ3) is 5.99. The van der Waals surface area contributed by atoms with E-state index in [1.165, 1.54) is 10.9 Å². The minimum Gasteiger partial charge on any atom is -0.390 e. The van der Waals surface area contributed by atoms with Crippen LogP contribution in [0.2, 0.25) is 0 Å². The molecule has 17 nitrogen and oxygen atoms in total. The Morgan fingerprint density at radius 1 is 1.23 bits per heavy atom. The molecule has 7 N–H and O–H groups in total. The Morgan fingerprint density at radius 3 is 2.55 bits per heavy atom. The molecule has 2 unspecified atom stereocenters. The van der Waals surface area contributed by atoms with Gasteiger partial charge in [-0.2, -0.15) is 8.62 Å². The molecule has 5 atom stereocenters. The molecular weight excluding hydrogens is 487 g/mol. The number of hydrogen-bond acceptors (Lipinski definition) is 12. The van der Waals surface area contributed by atoms with Gasteiger partial charge in [0.2, 0.25) is 0 Å². The molecule has 3 heterocycles. The minimum atomic E-state index is -5.64. The first-order valence-corrected chi connectivity index (χ1v) is 12.9. The highest BCUT2D eigenvalue weighted by Crippen LogP contribution is 2.66. The average Bonchev–Trinajstić information content (AvgIpc) is 3.17. The van der Waals surface area contributed by atoms with Gasteiger partial charge in [0.15, 0.2) is 5.49 Å². The number of nitrogens with two attached hydrogens (primary N) is 1. The van der Waals surface area contributed by atoms with Gasteiger partial charge in [0.1, 0.15) is 30.2 Å². The van der Waals surface area contributed by atoms with Crippen molar-refractivity contribution in [1.29, 1.82) is 0 Å². The fourth-order valence-electron chi connectivity index (χ4n) is 2.84. The molecule has 3 rings (SSSR count). The first kappa shape index (κ1) is 24.5. The smallest absolute Gasteiger partial charge is 0.390 e. The van der Waals surface area contributed by atoms with Crippen molar-refractivity contribution in [2.45, 2.75) is 24.9 Å². The van der Waals surface area contributed by atoms with E-state index in [1.54, 1.807) is 11.9 Å². The number of imidazole rings is 1. The molecule has 0 bridgehead atoms. The second kappa shape index (κ2) is 8.63. The Bertz CT molecular complexity index is 1100. The molecule has 0 saturated carbocycles.